The summed E-state index contributed by atoms with van der Waals surface area (Å²) in [6, 6.07) is 12.7. The first-order valence-corrected chi connectivity index (χ1v) is 10.8. The van der Waals surface area contributed by atoms with Crippen molar-refractivity contribution >= 4 is 24.0 Å². The van der Waals surface area contributed by atoms with E-state index in [0.717, 1.165) is 34.6 Å². The van der Waals surface area contributed by atoms with Crippen molar-refractivity contribution in [2.45, 2.75) is 31.9 Å². The topological polar surface area (TPSA) is 95.1 Å². The third kappa shape index (κ3) is 5.36. The Bertz CT molecular complexity index is 1260. The molecule has 0 saturated heterocycles. The fourth-order valence-electron chi connectivity index (χ4n) is 4.03. The Hall–Kier alpha value is -3.88. The zero-order valence-electron chi connectivity index (χ0n) is 18.1. The highest BCUT2D eigenvalue weighted by Gasteiger charge is 2.38. The van der Waals surface area contributed by atoms with Crippen LogP contribution in [0.25, 0.3) is 23.4 Å². The smallest absolute Gasteiger partial charge is 0.475 e. The average Bonchev–Trinajstić information content (AvgIpc) is 3.45. The van der Waals surface area contributed by atoms with Gasteiger partial charge in [-0.3, -0.25) is 9.78 Å². The molecule has 176 valence electrons. The van der Waals surface area contributed by atoms with Gasteiger partial charge in [0.15, 0.2) is 0 Å². The lowest BCUT2D eigenvalue weighted by atomic mass is 10.1. The first-order valence-electron chi connectivity index (χ1n) is 10.8. The van der Waals surface area contributed by atoms with Gasteiger partial charge in [-0.05, 0) is 60.2 Å². The Morgan fingerprint density at radius 1 is 1.03 bits per heavy atom. The minimum Gasteiger partial charge on any atom is -0.475 e. The van der Waals surface area contributed by atoms with Gasteiger partial charge >= 0.3 is 12.1 Å². The number of hydrogen-bond donors (Lipinski definition) is 3. The van der Waals surface area contributed by atoms with Crippen LogP contribution in [0.15, 0.2) is 42.6 Å². The van der Waals surface area contributed by atoms with Crippen LogP contribution in [0.4, 0.5) is 13.2 Å². The molecule has 6 nitrogen and oxygen atoms in total. The van der Waals surface area contributed by atoms with E-state index < -0.39 is 12.1 Å². The number of fused-ring (bicyclic) bond motifs is 2. The number of nitrogens with one attached hydrogen (secondary N) is 2. The molecule has 0 saturated carbocycles. The van der Waals surface area contributed by atoms with E-state index in [4.69, 9.17) is 9.90 Å². The molecular weight excluding hydrogens is 447 g/mol. The lowest BCUT2D eigenvalue weighted by Crippen LogP contribution is -2.31. The molecule has 2 aromatic heterocycles. The summed E-state index contributed by atoms with van der Waals surface area (Å²) in [6.45, 7) is 0.691. The number of carboxylic acid groups (broad SMARTS) is 1. The third-order valence-corrected chi connectivity index (χ3v) is 5.71. The minimum atomic E-state index is -5.08. The van der Waals surface area contributed by atoms with Crippen molar-refractivity contribution in [3.63, 3.8) is 0 Å². The zero-order valence-corrected chi connectivity index (χ0v) is 18.1. The molecule has 5 rings (SSSR count). The second-order valence-corrected chi connectivity index (χ2v) is 8.07. The normalized spacial score (nSPS) is 14.7. The maximum absolute atomic E-state index is 12.0. The highest BCUT2D eigenvalue weighted by molar-refractivity contribution is 5.97. The molecule has 9 heteroatoms. The molecule has 2 aliphatic rings. The second-order valence-electron chi connectivity index (χ2n) is 8.07. The highest BCUT2D eigenvalue weighted by Crippen LogP contribution is 2.26. The number of amides is 1. The minimum absolute atomic E-state index is 0.00420. The highest BCUT2D eigenvalue weighted by atomic mass is 19.4. The predicted molar refractivity (Wildman–Crippen MR) is 121 cm³/mol. The van der Waals surface area contributed by atoms with Gasteiger partial charge in [-0.1, -0.05) is 24.3 Å². The van der Waals surface area contributed by atoms with Gasteiger partial charge in [0.2, 0.25) is 0 Å². The second kappa shape index (κ2) is 9.54. The van der Waals surface area contributed by atoms with E-state index in [0.29, 0.717) is 6.54 Å². The summed E-state index contributed by atoms with van der Waals surface area (Å²) in [4.78, 5) is 28.7. The number of aromatic nitrogens is 2. The number of hydrogen-bond acceptors (Lipinski definition) is 3. The van der Waals surface area contributed by atoms with E-state index in [1.54, 1.807) is 0 Å². The lowest BCUT2D eigenvalue weighted by Gasteiger charge is -2.10. The molecule has 3 heterocycles. The van der Waals surface area contributed by atoms with E-state index in [9.17, 15) is 18.0 Å². The van der Waals surface area contributed by atoms with E-state index in [1.807, 2.05) is 18.3 Å². The van der Waals surface area contributed by atoms with Crippen molar-refractivity contribution < 1.29 is 27.9 Å². The first kappa shape index (κ1) is 23.3. The number of aliphatic carboxylic acids is 1. The van der Waals surface area contributed by atoms with Crippen molar-refractivity contribution in [3.05, 3.63) is 76.2 Å². The van der Waals surface area contributed by atoms with E-state index >= 15 is 0 Å². The molecule has 1 aliphatic carbocycles. The Labute approximate surface area is 193 Å². The Balaban J connectivity index is 0.000000344. The van der Waals surface area contributed by atoms with E-state index in [-0.39, 0.29) is 5.91 Å². The largest absolute Gasteiger partial charge is 0.490 e. The van der Waals surface area contributed by atoms with E-state index in [2.05, 4.69) is 51.7 Å². The van der Waals surface area contributed by atoms with Gasteiger partial charge in [0.25, 0.3) is 5.91 Å². The molecule has 0 spiro atoms. The maximum atomic E-state index is 12.0. The van der Waals surface area contributed by atoms with Crippen molar-refractivity contribution in [2.75, 3.05) is 6.54 Å². The number of aryl methyl sites for hydroxylation is 2. The zero-order chi connectivity index (χ0) is 24.3. The van der Waals surface area contributed by atoms with Crippen molar-refractivity contribution in [1.82, 2.24) is 15.3 Å². The van der Waals surface area contributed by atoms with Crippen LogP contribution in [0.3, 0.4) is 0 Å². The van der Waals surface area contributed by atoms with Crippen LogP contribution in [0.2, 0.25) is 0 Å². The van der Waals surface area contributed by atoms with Crippen molar-refractivity contribution in [1.29, 1.82) is 0 Å². The number of H-pyrrole nitrogens is 1. The number of alkyl halides is 3. The van der Waals surface area contributed by atoms with Crippen LogP contribution in [0.5, 0.6) is 0 Å². The lowest BCUT2D eigenvalue weighted by molar-refractivity contribution is -0.192. The van der Waals surface area contributed by atoms with Gasteiger partial charge in [0, 0.05) is 36.1 Å². The van der Waals surface area contributed by atoms with Gasteiger partial charge in [-0.25, -0.2) is 4.79 Å². The SMILES string of the molecule is O=C(O)C(F)(F)F.O=C1NCCc2[nH]c(-c3ccnc(/C=C/c4ccc5c(c4)CCC5)c3)cc21. The number of carbonyl (C=O) groups is 2. The summed E-state index contributed by atoms with van der Waals surface area (Å²) in [5, 5.41) is 10.0. The molecule has 0 fully saturated rings. The number of aromatic amines is 1. The number of nitrogens with zero attached hydrogens (tertiary/aromatic N) is 1. The van der Waals surface area contributed by atoms with Crippen LogP contribution in [-0.4, -0.2) is 39.7 Å². The van der Waals surface area contributed by atoms with Crippen LogP contribution in [0.1, 0.15) is 44.9 Å². The molecule has 0 radical (unpaired) electrons. The number of halogens is 3. The summed E-state index contributed by atoms with van der Waals surface area (Å²) in [7, 11) is 0. The molecule has 1 aromatic carbocycles. The molecule has 3 aromatic rings. The van der Waals surface area contributed by atoms with Crippen LogP contribution < -0.4 is 5.32 Å². The molecule has 1 aliphatic heterocycles. The molecule has 34 heavy (non-hydrogen) atoms. The van der Waals surface area contributed by atoms with Crippen molar-refractivity contribution in [3.8, 4) is 11.3 Å². The summed E-state index contributed by atoms with van der Waals surface area (Å²) < 4.78 is 31.7. The van der Waals surface area contributed by atoms with Crippen molar-refractivity contribution in [2.24, 2.45) is 0 Å². The van der Waals surface area contributed by atoms with Gasteiger partial charge in [-0.2, -0.15) is 13.2 Å². The van der Waals surface area contributed by atoms with Crippen LogP contribution >= 0.6 is 0 Å². The number of rotatable bonds is 3. The summed E-state index contributed by atoms with van der Waals surface area (Å²) >= 11 is 0. The third-order valence-electron chi connectivity index (χ3n) is 5.71. The molecule has 0 unspecified atom stereocenters. The molecule has 1 amide bonds. The Morgan fingerprint density at radius 3 is 2.53 bits per heavy atom. The Morgan fingerprint density at radius 2 is 1.79 bits per heavy atom. The standard InChI is InChI=1S/C23H21N3O.C2HF3O2/c27-23-20-14-22(26-21(20)9-11-25-23)18-8-10-24-19(13-18)7-5-15-4-6-16-2-1-3-17(16)12-15;3-2(4,5)1(6)7/h4-8,10,12-14,26H,1-3,9,11H2,(H,25,27);(H,6,7)/b7-5+;. The summed E-state index contributed by atoms with van der Waals surface area (Å²) in [6.07, 6.45) is 5.42. The van der Waals surface area contributed by atoms with Crippen LogP contribution in [0, 0.1) is 0 Å². The number of carboxylic acids is 1. The number of pyridine rings is 1. The molecular formula is C25H22F3N3O3. The van der Waals surface area contributed by atoms with Gasteiger partial charge in [0.1, 0.15) is 0 Å². The van der Waals surface area contributed by atoms with Gasteiger partial charge < -0.3 is 15.4 Å². The monoisotopic (exact) mass is 469 g/mol. The van der Waals surface area contributed by atoms with Gasteiger partial charge in [0.05, 0.1) is 11.3 Å². The summed E-state index contributed by atoms with van der Waals surface area (Å²) in [5.74, 6) is -2.75. The first-order chi connectivity index (χ1) is 16.2. The fraction of sp³-hybridized carbons (Fsp3) is 0.240. The molecule has 3 N–H and O–H groups in total. The maximum Gasteiger partial charge on any atom is 0.490 e. The fourth-order valence-corrected chi connectivity index (χ4v) is 4.03. The van der Waals surface area contributed by atoms with E-state index in [1.165, 1.54) is 36.0 Å². The quantitative estimate of drug-likeness (QED) is 0.520. The average molecular weight is 469 g/mol. The number of carbonyl (C=O) groups excluding carboxylic acids is 1. The molecule has 0 atom stereocenters. The summed E-state index contributed by atoms with van der Waals surface area (Å²) in [5.41, 5.74) is 8.87. The number of benzene rings is 1. The van der Waals surface area contributed by atoms with Gasteiger partial charge in [-0.15, -0.1) is 0 Å². The van der Waals surface area contributed by atoms with Crippen LogP contribution in [-0.2, 0) is 24.1 Å². The molecule has 0 bridgehead atoms. The Kier molecular flexibility index (Phi) is 6.54. The predicted octanol–water partition coefficient (Wildman–Crippen LogP) is 4.66.